The van der Waals surface area contributed by atoms with Gasteiger partial charge in [0.05, 0.1) is 29.1 Å². The van der Waals surface area contributed by atoms with E-state index in [4.69, 9.17) is 0 Å². The van der Waals surface area contributed by atoms with E-state index in [2.05, 4.69) is 31.2 Å². The van der Waals surface area contributed by atoms with Gasteiger partial charge in [0, 0.05) is 28.6 Å². The Morgan fingerprint density at radius 2 is 1.82 bits per heavy atom. The van der Waals surface area contributed by atoms with E-state index in [1.165, 1.54) is 0 Å². The highest BCUT2D eigenvalue weighted by molar-refractivity contribution is 5.93. The molecule has 6 N–H and O–H groups in total. The molecular formula is C24H21N7O3. The molecule has 0 bridgehead atoms. The van der Waals surface area contributed by atoms with Crippen molar-refractivity contribution in [1.82, 2.24) is 30.4 Å². The van der Waals surface area contributed by atoms with Crippen molar-refractivity contribution in [3.8, 4) is 34.0 Å². The second-order valence-corrected chi connectivity index (χ2v) is 8.07. The first-order valence-electron chi connectivity index (χ1n) is 10.9. The number of pyridine rings is 1. The summed E-state index contributed by atoms with van der Waals surface area (Å²) in [7, 11) is 0. The zero-order valence-electron chi connectivity index (χ0n) is 18.1. The van der Waals surface area contributed by atoms with Gasteiger partial charge >= 0.3 is 0 Å². The smallest absolute Gasteiger partial charge is 0.264 e. The maximum atomic E-state index is 13.5. The summed E-state index contributed by atoms with van der Waals surface area (Å²) in [5.74, 6) is 0.527. The predicted octanol–water partition coefficient (Wildman–Crippen LogP) is 3.23. The van der Waals surface area contributed by atoms with E-state index in [1.54, 1.807) is 35.0 Å². The molecule has 170 valence electrons. The number of fused-ring (bicyclic) bond motifs is 2. The molecule has 34 heavy (non-hydrogen) atoms. The molecule has 4 heterocycles. The van der Waals surface area contributed by atoms with E-state index in [1.807, 2.05) is 31.2 Å². The number of rotatable bonds is 4. The molecule has 0 amide bonds. The van der Waals surface area contributed by atoms with Gasteiger partial charge in [-0.3, -0.25) is 15.0 Å². The van der Waals surface area contributed by atoms with Gasteiger partial charge < -0.3 is 20.2 Å². The van der Waals surface area contributed by atoms with Crippen LogP contribution in [0.15, 0.2) is 59.5 Å². The summed E-state index contributed by atoms with van der Waals surface area (Å²) in [4.78, 5) is 13.5. The fourth-order valence-electron chi connectivity index (χ4n) is 4.71. The molecule has 0 saturated carbocycles. The van der Waals surface area contributed by atoms with Gasteiger partial charge in [-0.05, 0) is 31.2 Å². The highest BCUT2D eigenvalue weighted by Crippen LogP contribution is 2.44. The summed E-state index contributed by atoms with van der Waals surface area (Å²) in [6.45, 7) is 2.34. The second-order valence-electron chi connectivity index (χ2n) is 8.07. The third kappa shape index (κ3) is 2.75. The van der Waals surface area contributed by atoms with E-state index in [0.29, 0.717) is 45.8 Å². The number of para-hydroxylation sites is 2. The number of anilines is 1. The maximum absolute atomic E-state index is 13.5. The van der Waals surface area contributed by atoms with Crippen molar-refractivity contribution in [3.05, 3.63) is 76.2 Å². The van der Waals surface area contributed by atoms with Crippen LogP contribution in [0.3, 0.4) is 0 Å². The average Bonchev–Trinajstić information content (AvgIpc) is 3.57. The van der Waals surface area contributed by atoms with Crippen LogP contribution < -0.4 is 16.4 Å². The van der Waals surface area contributed by atoms with Crippen molar-refractivity contribution in [2.75, 3.05) is 5.43 Å². The summed E-state index contributed by atoms with van der Waals surface area (Å²) in [5.41, 5.74) is 9.77. The van der Waals surface area contributed by atoms with Gasteiger partial charge in [-0.15, -0.1) is 0 Å². The van der Waals surface area contributed by atoms with Crippen molar-refractivity contribution in [2.24, 2.45) is 0 Å². The molecule has 6 rings (SSSR count). The molecule has 1 aliphatic heterocycles. The number of nitrogens with zero attached hydrogens (tertiary/aromatic N) is 3. The zero-order valence-corrected chi connectivity index (χ0v) is 18.1. The molecule has 1 aliphatic rings. The minimum absolute atomic E-state index is 0.101. The van der Waals surface area contributed by atoms with Crippen molar-refractivity contribution in [2.45, 2.75) is 19.5 Å². The van der Waals surface area contributed by atoms with Gasteiger partial charge in [-0.1, -0.05) is 24.3 Å². The molecule has 0 spiro atoms. The Morgan fingerprint density at radius 3 is 2.65 bits per heavy atom. The number of hydrogen-bond donors (Lipinski definition) is 6. The van der Waals surface area contributed by atoms with Crippen molar-refractivity contribution < 1.29 is 10.2 Å². The van der Waals surface area contributed by atoms with Gasteiger partial charge in [0.15, 0.2) is 5.82 Å². The molecule has 0 fully saturated rings. The number of phenolic OH excluding ortho intramolecular Hbond substituents is 1. The van der Waals surface area contributed by atoms with Crippen LogP contribution in [0.1, 0.15) is 24.1 Å². The Balaban J connectivity index is 1.57. The minimum atomic E-state index is -0.461. The number of hydrazine groups is 1. The summed E-state index contributed by atoms with van der Waals surface area (Å²) in [6, 6.07) is 13.8. The van der Waals surface area contributed by atoms with Crippen LogP contribution >= 0.6 is 0 Å². The third-order valence-electron chi connectivity index (χ3n) is 6.29. The fraction of sp³-hybridized carbons (Fsp3) is 0.125. The molecule has 0 saturated heterocycles. The lowest BCUT2D eigenvalue weighted by atomic mass is 9.94. The number of aromatic amines is 2. The van der Waals surface area contributed by atoms with Gasteiger partial charge in [0.25, 0.3) is 5.56 Å². The third-order valence-corrected chi connectivity index (χ3v) is 6.29. The monoisotopic (exact) mass is 455 g/mol. The number of aromatic nitrogens is 5. The number of H-pyrrole nitrogens is 2. The molecule has 0 radical (unpaired) electrons. The molecular weight excluding hydrogens is 434 g/mol. The van der Waals surface area contributed by atoms with E-state index in [0.717, 1.165) is 5.56 Å². The normalized spacial score (nSPS) is 14.9. The Hall–Kier alpha value is -4.57. The van der Waals surface area contributed by atoms with Crippen molar-refractivity contribution >= 4 is 16.7 Å². The molecule has 2 aromatic carbocycles. The van der Waals surface area contributed by atoms with E-state index in [-0.39, 0.29) is 22.6 Å². The van der Waals surface area contributed by atoms with Crippen molar-refractivity contribution in [3.63, 3.8) is 0 Å². The number of aromatic hydroxyl groups is 2. The number of nitrogens with one attached hydrogen (secondary N) is 4. The molecule has 10 nitrogen and oxygen atoms in total. The van der Waals surface area contributed by atoms with Crippen LogP contribution in [0.4, 0.5) is 5.82 Å². The lowest BCUT2D eigenvalue weighted by Crippen LogP contribution is -2.24. The molecule has 10 heteroatoms. The summed E-state index contributed by atoms with van der Waals surface area (Å²) >= 11 is 0. The molecule has 1 unspecified atom stereocenters. The SMILES string of the molecule is CCn1c(=O)c(-c2[nH]nc3c2C(c2cn[nH]c2-c2ccccc2O)NN3)c(O)c2ccccc21. The largest absolute Gasteiger partial charge is 0.507 e. The quantitative estimate of drug-likeness (QED) is 0.244. The summed E-state index contributed by atoms with van der Waals surface area (Å²) < 4.78 is 1.63. The van der Waals surface area contributed by atoms with E-state index < -0.39 is 6.04 Å². The van der Waals surface area contributed by atoms with Crippen LogP contribution in [-0.2, 0) is 6.54 Å². The van der Waals surface area contributed by atoms with Crippen LogP contribution in [-0.4, -0.2) is 35.2 Å². The summed E-state index contributed by atoms with van der Waals surface area (Å²) in [5, 5.41) is 36.6. The van der Waals surface area contributed by atoms with Crippen LogP contribution in [0.5, 0.6) is 11.5 Å². The van der Waals surface area contributed by atoms with Gasteiger partial charge in [0.2, 0.25) is 0 Å². The number of hydrogen-bond acceptors (Lipinski definition) is 7. The minimum Gasteiger partial charge on any atom is -0.507 e. The van der Waals surface area contributed by atoms with Crippen LogP contribution in [0.25, 0.3) is 33.4 Å². The van der Waals surface area contributed by atoms with Crippen molar-refractivity contribution in [1.29, 1.82) is 0 Å². The van der Waals surface area contributed by atoms with Gasteiger partial charge in [0.1, 0.15) is 17.1 Å². The zero-order chi connectivity index (χ0) is 23.4. The van der Waals surface area contributed by atoms with E-state index in [9.17, 15) is 15.0 Å². The van der Waals surface area contributed by atoms with Crippen LogP contribution in [0, 0.1) is 0 Å². The Kier molecular flexibility index (Phi) is 4.42. The fourth-order valence-corrected chi connectivity index (χ4v) is 4.71. The van der Waals surface area contributed by atoms with Gasteiger partial charge in [-0.2, -0.15) is 10.2 Å². The number of benzene rings is 2. The maximum Gasteiger partial charge on any atom is 0.264 e. The number of phenols is 1. The lowest BCUT2D eigenvalue weighted by molar-refractivity contribution is 0.477. The highest BCUT2D eigenvalue weighted by atomic mass is 16.3. The Morgan fingerprint density at radius 1 is 1.03 bits per heavy atom. The summed E-state index contributed by atoms with van der Waals surface area (Å²) in [6.07, 6.45) is 1.66. The van der Waals surface area contributed by atoms with Crippen LogP contribution in [0.2, 0.25) is 0 Å². The lowest BCUT2D eigenvalue weighted by Gasteiger charge is -2.16. The first kappa shape index (κ1) is 20.1. The number of aryl methyl sites for hydroxylation is 1. The second kappa shape index (κ2) is 7.49. The first-order valence-corrected chi connectivity index (χ1v) is 10.9. The Labute approximate surface area is 192 Å². The highest BCUT2D eigenvalue weighted by Gasteiger charge is 2.35. The molecule has 5 aromatic rings. The molecule has 3 aromatic heterocycles. The van der Waals surface area contributed by atoms with E-state index >= 15 is 0 Å². The molecule has 0 aliphatic carbocycles. The van der Waals surface area contributed by atoms with Gasteiger partial charge in [-0.25, -0.2) is 5.43 Å². The average molecular weight is 455 g/mol. The standard InChI is InChI=1S/C24H21N7O3/c1-2-31-15-9-5-3-7-12(15)22(33)18(24(31)34)21-17-20(27-29-23(17)30-28-21)14-11-25-26-19(14)13-8-4-6-10-16(13)32/h3-11,20,27,32-33H,2H2,1H3,(H,25,26)(H2,28,29,30). The molecule has 1 atom stereocenters. The first-order chi connectivity index (χ1) is 16.6. The topological polar surface area (TPSA) is 144 Å². The Bertz CT molecular complexity index is 1610. The predicted molar refractivity (Wildman–Crippen MR) is 127 cm³/mol.